The number of rotatable bonds is 3. The van der Waals surface area contributed by atoms with Gasteiger partial charge < -0.3 is 20.4 Å². The molecule has 1 atom stereocenters. The summed E-state index contributed by atoms with van der Waals surface area (Å²) in [6.45, 7) is 2.23. The van der Waals surface area contributed by atoms with Gasteiger partial charge in [0.15, 0.2) is 5.75 Å². The molecule has 1 unspecified atom stereocenters. The number of aromatic amines is 2. The molecule has 0 aliphatic rings. The van der Waals surface area contributed by atoms with Gasteiger partial charge in [0, 0.05) is 39.1 Å². The van der Waals surface area contributed by atoms with Gasteiger partial charge in [-0.2, -0.15) is 0 Å². The lowest BCUT2D eigenvalue weighted by Gasteiger charge is -2.14. The zero-order valence-corrected chi connectivity index (χ0v) is 14.6. The van der Waals surface area contributed by atoms with E-state index in [1.807, 2.05) is 13.0 Å². The molecule has 0 aliphatic carbocycles. The van der Waals surface area contributed by atoms with Crippen LogP contribution in [0.4, 0.5) is 8.78 Å². The third kappa shape index (κ3) is 2.37. The highest BCUT2D eigenvalue weighted by Gasteiger charge is 2.19. The van der Waals surface area contributed by atoms with Crippen LogP contribution in [0.1, 0.15) is 6.92 Å². The molecule has 27 heavy (non-hydrogen) atoms. The molecule has 2 heterocycles. The highest BCUT2D eigenvalue weighted by atomic mass is 19.1. The van der Waals surface area contributed by atoms with Crippen molar-refractivity contribution in [1.82, 2.24) is 9.97 Å². The predicted octanol–water partition coefficient (Wildman–Crippen LogP) is 4.96. The first-order chi connectivity index (χ1) is 13.0. The Morgan fingerprint density at radius 2 is 1.37 bits per heavy atom. The lowest BCUT2D eigenvalue weighted by Crippen LogP contribution is -2.23. The van der Waals surface area contributed by atoms with Gasteiger partial charge in [-0.3, -0.25) is 0 Å². The van der Waals surface area contributed by atoms with Crippen LogP contribution in [0.25, 0.3) is 43.6 Å². The van der Waals surface area contributed by atoms with Crippen molar-refractivity contribution in [2.24, 2.45) is 5.73 Å². The smallest absolute Gasteiger partial charge is 0.167 e. The van der Waals surface area contributed by atoms with E-state index in [2.05, 4.69) is 9.97 Å². The number of halogens is 2. The molecule has 0 spiro atoms. The molecular formula is C21H17F2N3O. The van der Waals surface area contributed by atoms with E-state index in [9.17, 15) is 8.78 Å². The zero-order valence-electron chi connectivity index (χ0n) is 14.6. The molecule has 5 rings (SSSR count). The van der Waals surface area contributed by atoms with E-state index in [0.717, 1.165) is 43.6 Å². The number of benzene rings is 3. The van der Waals surface area contributed by atoms with Gasteiger partial charge in [-0.15, -0.1) is 0 Å². The summed E-state index contributed by atoms with van der Waals surface area (Å²) < 4.78 is 33.8. The maximum atomic E-state index is 13.8. The minimum absolute atomic E-state index is 0.218. The van der Waals surface area contributed by atoms with Gasteiger partial charge in [0.1, 0.15) is 17.7 Å². The Morgan fingerprint density at radius 3 is 1.85 bits per heavy atom. The zero-order chi connectivity index (χ0) is 18.7. The van der Waals surface area contributed by atoms with Crippen LogP contribution < -0.4 is 10.5 Å². The van der Waals surface area contributed by atoms with Crippen LogP contribution in [0.5, 0.6) is 5.75 Å². The number of aromatic nitrogens is 2. The van der Waals surface area contributed by atoms with Gasteiger partial charge in [0.05, 0.1) is 11.0 Å². The van der Waals surface area contributed by atoms with Crippen LogP contribution >= 0.6 is 0 Å². The Kier molecular flexibility index (Phi) is 3.39. The second-order valence-corrected chi connectivity index (χ2v) is 6.84. The van der Waals surface area contributed by atoms with Crippen LogP contribution in [-0.4, -0.2) is 22.6 Å². The van der Waals surface area contributed by atoms with E-state index in [4.69, 9.17) is 10.5 Å². The lowest BCUT2D eigenvalue weighted by atomic mass is 10.1. The van der Waals surface area contributed by atoms with Gasteiger partial charge in [0.25, 0.3) is 0 Å². The summed E-state index contributed by atoms with van der Waals surface area (Å²) in [5, 5.41) is 3.15. The Morgan fingerprint density at radius 1 is 0.852 bits per heavy atom. The topological polar surface area (TPSA) is 66.8 Å². The monoisotopic (exact) mass is 365 g/mol. The summed E-state index contributed by atoms with van der Waals surface area (Å²) in [6.07, 6.45) is -0.218. The van der Waals surface area contributed by atoms with Gasteiger partial charge in [-0.05, 0) is 49.4 Å². The molecule has 0 fully saturated rings. The maximum Gasteiger partial charge on any atom is 0.167 e. The van der Waals surface area contributed by atoms with Crippen LogP contribution in [0, 0.1) is 11.6 Å². The molecule has 4 nitrogen and oxygen atoms in total. The van der Waals surface area contributed by atoms with Crippen molar-refractivity contribution in [3.05, 3.63) is 54.1 Å². The second kappa shape index (κ2) is 5.69. The number of hydrogen-bond acceptors (Lipinski definition) is 2. The molecule has 2 aromatic heterocycles. The number of H-pyrrole nitrogens is 2. The molecule has 3 aromatic carbocycles. The van der Waals surface area contributed by atoms with Crippen LogP contribution in [0.3, 0.4) is 0 Å². The van der Waals surface area contributed by atoms with E-state index >= 15 is 0 Å². The summed E-state index contributed by atoms with van der Waals surface area (Å²) in [5.41, 5.74) is 8.88. The van der Waals surface area contributed by atoms with E-state index in [1.165, 1.54) is 24.3 Å². The van der Waals surface area contributed by atoms with Gasteiger partial charge >= 0.3 is 0 Å². The molecule has 0 aliphatic heterocycles. The highest BCUT2D eigenvalue weighted by Crippen LogP contribution is 2.41. The molecule has 0 radical (unpaired) electrons. The summed E-state index contributed by atoms with van der Waals surface area (Å²) in [6, 6.07) is 11.2. The number of hydrogen-bond donors (Lipinski definition) is 3. The quantitative estimate of drug-likeness (QED) is 0.423. The Labute approximate surface area is 152 Å². The molecule has 4 N–H and O–H groups in total. The average molecular weight is 365 g/mol. The summed E-state index contributed by atoms with van der Waals surface area (Å²) >= 11 is 0. The predicted molar refractivity (Wildman–Crippen MR) is 104 cm³/mol. The number of nitrogens with one attached hydrogen (secondary N) is 2. The third-order valence-corrected chi connectivity index (χ3v) is 5.00. The lowest BCUT2D eigenvalue weighted by molar-refractivity contribution is 0.235. The highest BCUT2D eigenvalue weighted by molar-refractivity contribution is 6.20. The van der Waals surface area contributed by atoms with Crippen molar-refractivity contribution in [2.45, 2.75) is 13.0 Å². The van der Waals surface area contributed by atoms with E-state index < -0.39 is 0 Å². The summed E-state index contributed by atoms with van der Waals surface area (Å²) in [4.78, 5) is 6.65. The van der Waals surface area contributed by atoms with Crippen molar-refractivity contribution in [1.29, 1.82) is 0 Å². The van der Waals surface area contributed by atoms with E-state index in [0.29, 0.717) is 12.3 Å². The molecule has 0 saturated carbocycles. The number of ether oxygens (including phenoxy) is 1. The first-order valence-electron chi connectivity index (χ1n) is 8.77. The molecule has 6 heteroatoms. The molecule has 5 aromatic rings. The standard InChI is InChI=1S/C21H17F2N3O/c1-10(9-24)27-21-19-15(13-6-11(22)2-4-17(13)25-19)8-16-14-7-12(23)3-5-18(14)26-20(16)21/h2-8,10,25-26H,9,24H2,1H3. The largest absolute Gasteiger partial charge is 0.485 e. The first kappa shape index (κ1) is 16.1. The Bertz CT molecular complexity index is 1240. The van der Waals surface area contributed by atoms with Crippen molar-refractivity contribution < 1.29 is 13.5 Å². The fourth-order valence-corrected chi connectivity index (χ4v) is 3.66. The van der Waals surface area contributed by atoms with Gasteiger partial charge in [-0.1, -0.05) is 0 Å². The molecule has 0 bridgehead atoms. The Balaban J connectivity index is 1.97. The molecule has 136 valence electrons. The van der Waals surface area contributed by atoms with Crippen molar-refractivity contribution >= 4 is 43.6 Å². The summed E-state index contributed by atoms with van der Waals surface area (Å²) in [5.74, 6) is -0.0220. The van der Waals surface area contributed by atoms with Crippen LogP contribution in [0.2, 0.25) is 0 Å². The van der Waals surface area contributed by atoms with E-state index in [1.54, 1.807) is 12.1 Å². The van der Waals surface area contributed by atoms with Crippen molar-refractivity contribution in [3.8, 4) is 5.75 Å². The van der Waals surface area contributed by atoms with E-state index in [-0.39, 0.29) is 17.7 Å². The number of fused-ring (bicyclic) bond motifs is 6. The average Bonchev–Trinajstić information content (AvgIpc) is 3.19. The van der Waals surface area contributed by atoms with Crippen molar-refractivity contribution in [3.63, 3.8) is 0 Å². The van der Waals surface area contributed by atoms with Crippen LogP contribution in [-0.2, 0) is 0 Å². The maximum absolute atomic E-state index is 13.8. The molecule has 0 amide bonds. The first-order valence-corrected chi connectivity index (χ1v) is 8.77. The van der Waals surface area contributed by atoms with Crippen LogP contribution in [0.15, 0.2) is 42.5 Å². The fraction of sp³-hybridized carbons (Fsp3) is 0.143. The fourth-order valence-electron chi connectivity index (χ4n) is 3.66. The molecule has 0 saturated heterocycles. The summed E-state index contributed by atoms with van der Waals surface area (Å²) in [7, 11) is 0. The van der Waals surface area contributed by atoms with Gasteiger partial charge in [0.2, 0.25) is 0 Å². The third-order valence-electron chi connectivity index (χ3n) is 5.00. The Hall–Kier alpha value is -3.12. The number of nitrogens with two attached hydrogens (primary N) is 1. The minimum Gasteiger partial charge on any atom is -0.485 e. The van der Waals surface area contributed by atoms with Gasteiger partial charge in [-0.25, -0.2) is 8.78 Å². The SMILES string of the molecule is CC(CN)Oc1c2[nH]c3ccc(F)cc3c2cc2c1[nH]c1ccc(F)cc12. The normalized spacial score (nSPS) is 13.2. The second-order valence-electron chi connectivity index (χ2n) is 6.84. The minimum atomic E-state index is -0.314. The molecular weight excluding hydrogens is 348 g/mol. The van der Waals surface area contributed by atoms with Crippen molar-refractivity contribution in [2.75, 3.05) is 6.54 Å².